The third-order valence-electron chi connectivity index (χ3n) is 3.59. The van der Waals surface area contributed by atoms with Crippen molar-refractivity contribution in [1.29, 1.82) is 0 Å². The molecule has 1 aromatic carbocycles. The van der Waals surface area contributed by atoms with Crippen molar-refractivity contribution in [2.75, 3.05) is 4.90 Å². The fourth-order valence-electron chi connectivity index (χ4n) is 2.64. The molecule has 0 spiro atoms. The molecule has 3 rings (SSSR count). The molecule has 0 bridgehead atoms. The van der Waals surface area contributed by atoms with Crippen LogP contribution in [0.15, 0.2) is 36.4 Å². The lowest BCUT2D eigenvalue weighted by atomic mass is 9.85. The van der Waals surface area contributed by atoms with Crippen LogP contribution >= 0.6 is 0 Å². The minimum Gasteiger partial charge on any atom is -0.274 e. The molecule has 0 N–H and O–H groups in total. The van der Waals surface area contributed by atoms with Gasteiger partial charge in [-0.15, -0.1) is 0 Å². The molecule has 92 valence electrons. The second-order valence-corrected chi connectivity index (χ2v) is 4.64. The van der Waals surface area contributed by atoms with E-state index in [0.29, 0.717) is 18.5 Å². The summed E-state index contributed by atoms with van der Waals surface area (Å²) in [6, 6.07) is 5.46. The van der Waals surface area contributed by atoms with Crippen LogP contribution in [0.25, 0.3) is 0 Å². The molecule has 1 aliphatic carbocycles. The second-order valence-electron chi connectivity index (χ2n) is 4.64. The van der Waals surface area contributed by atoms with E-state index in [4.69, 9.17) is 0 Å². The maximum absolute atomic E-state index is 12.9. The molecular formula is C14H12FNO2. The predicted octanol–water partition coefficient (Wildman–Crippen LogP) is 2.28. The van der Waals surface area contributed by atoms with Gasteiger partial charge in [0.05, 0.1) is 17.5 Å². The fraction of sp³-hybridized carbons (Fsp3) is 0.286. The standard InChI is InChI=1S/C14H12FNO2/c15-9-5-7-10(8-6-9)16-13(17)11-3-1-2-4-12(11)14(16)18/h1-2,5-8,11-12H,3-4H2/t11-,12-/m1/s1. The topological polar surface area (TPSA) is 37.4 Å². The number of rotatable bonds is 1. The quantitative estimate of drug-likeness (QED) is 0.562. The van der Waals surface area contributed by atoms with Gasteiger partial charge in [-0.05, 0) is 37.1 Å². The van der Waals surface area contributed by atoms with E-state index < -0.39 is 0 Å². The van der Waals surface area contributed by atoms with Gasteiger partial charge in [0.15, 0.2) is 0 Å². The monoisotopic (exact) mass is 245 g/mol. The van der Waals surface area contributed by atoms with Crippen LogP contribution in [0.2, 0.25) is 0 Å². The predicted molar refractivity (Wildman–Crippen MR) is 64.2 cm³/mol. The number of imide groups is 1. The molecule has 0 aromatic heterocycles. The zero-order chi connectivity index (χ0) is 12.7. The molecule has 2 aliphatic rings. The average molecular weight is 245 g/mol. The van der Waals surface area contributed by atoms with Crippen LogP contribution in [-0.4, -0.2) is 11.8 Å². The van der Waals surface area contributed by atoms with Crippen molar-refractivity contribution in [3.8, 4) is 0 Å². The molecule has 1 saturated heterocycles. The van der Waals surface area contributed by atoms with E-state index in [9.17, 15) is 14.0 Å². The van der Waals surface area contributed by atoms with Crippen molar-refractivity contribution in [2.24, 2.45) is 11.8 Å². The summed E-state index contributed by atoms with van der Waals surface area (Å²) < 4.78 is 12.9. The summed E-state index contributed by atoms with van der Waals surface area (Å²) in [5.41, 5.74) is 0.459. The first-order valence-electron chi connectivity index (χ1n) is 5.97. The van der Waals surface area contributed by atoms with Crippen molar-refractivity contribution < 1.29 is 14.0 Å². The number of carbonyl (C=O) groups is 2. The zero-order valence-electron chi connectivity index (χ0n) is 9.67. The van der Waals surface area contributed by atoms with Gasteiger partial charge >= 0.3 is 0 Å². The molecule has 4 heteroatoms. The van der Waals surface area contributed by atoms with E-state index in [1.54, 1.807) is 0 Å². The number of anilines is 1. The first-order chi connectivity index (χ1) is 8.68. The fourth-order valence-corrected chi connectivity index (χ4v) is 2.64. The Morgan fingerprint density at radius 2 is 1.44 bits per heavy atom. The van der Waals surface area contributed by atoms with Crippen LogP contribution in [0.5, 0.6) is 0 Å². The summed E-state index contributed by atoms with van der Waals surface area (Å²) in [4.78, 5) is 25.6. The van der Waals surface area contributed by atoms with Crippen LogP contribution in [0, 0.1) is 17.7 Å². The van der Waals surface area contributed by atoms with Gasteiger partial charge in [0.2, 0.25) is 11.8 Å². The van der Waals surface area contributed by atoms with Crippen molar-refractivity contribution in [2.45, 2.75) is 12.8 Å². The highest BCUT2D eigenvalue weighted by Crippen LogP contribution is 2.37. The number of fused-ring (bicyclic) bond motifs is 1. The molecule has 1 fully saturated rings. The molecule has 3 nitrogen and oxygen atoms in total. The second kappa shape index (κ2) is 4.05. The molecule has 1 heterocycles. The van der Waals surface area contributed by atoms with E-state index in [-0.39, 0.29) is 29.5 Å². The van der Waals surface area contributed by atoms with E-state index in [1.165, 1.54) is 29.2 Å². The third-order valence-corrected chi connectivity index (χ3v) is 3.59. The van der Waals surface area contributed by atoms with Crippen molar-refractivity contribution in [3.63, 3.8) is 0 Å². The Bertz CT molecular complexity index is 509. The number of amides is 2. The molecule has 18 heavy (non-hydrogen) atoms. The van der Waals surface area contributed by atoms with E-state index in [1.807, 2.05) is 12.2 Å². The van der Waals surface area contributed by atoms with Gasteiger partial charge in [0.25, 0.3) is 0 Å². The number of nitrogens with zero attached hydrogens (tertiary/aromatic N) is 1. The first-order valence-corrected chi connectivity index (χ1v) is 5.97. The van der Waals surface area contributed by atoms with Gasteiger partial charge in [-0.2, -0.15) is 0 Å². The Morgan fingerprint density at radius 3 is 1.94 bits per heavy atom. The Labute approximate surface area is 104 Å². The normalized spacial score (nSPS) is 26.6. The Morgan fingerprint density at radius 1 is 0.944 bits per heavy atom. The lowest BCUT2D eigenvalue weighted by Gasteiger charge is -2.14. The van der Waals surface area contributed by atoms with Gasteiger partial charge in [-0.3, -0.25) is 14.5 Å². The van der Waals surface area contributed by atoms with Gasteiger partial charge in [-0.25, -0.2) is 4.39 Å². The minimum absolute atomic E-state index is 0.166. The molecule has 2 amide bonds. The maximum atomic E-state index is 12.9. The highest BCUT2D eigenvalue weighted by atomic mass is 19.1. The average Bonchev–Trinajstić information content (AvgIpc) is 2.64. The van der Waals surface area contributed by atoms with Gasteiger partial charge in [-0.1, -0.05) is 12.2 Å². The largest absolute Gasteiger partial charge is 0.274 e. The Hall–Kier alpha value is -1.97. The highest BCUT2D eigenvalue weighted by Gasteiger charge is 2.47. The first kappa shape index (κ1) is 11.1. The summed E-state index contributed by atoms with van der Waals surface area (Å²) >= 11 is 0. The lowest BCUT2D eigenvalue weighted by Crippen LogP contribution is -2.30. The number of hydrogen-bond donors (Lipinski definition) is 0. The van der Waals surface area contributed by atoms with Crippen LogP contribution in [0.1, 0.15) is 12.8 Å². The smallest absolute Gasteiger partial charge is 0.238 e. The van der Waals surface area contributed by atoms with E-state index in [2.05, 4.69) is 0 Å². The van der Waals surface area contributed by atoms with Gasteiger partial charge in [0, 0.05) is 0 Å². The maximum Gasteiger partial charge on any atom is 0.238 e. The number of allylic oxidation sites excluding steroid dienone is 2. The summed E-state index contributed by atoms with van der Waals surface area (Å²) in [5, 5.41) is 0. The molecule has 0 saturated carbocycles. The zero-order valence-corrected chi connectivity index (χ0v) is 9.67. The summed E-state index contributed by atoms with van der Waals surface area (Å²) in [7, 11) is 0. The number of carbonyl (C=O) groups excluding carboxylic acids is 2. The van der Waals surface area contributed by atoms with Gasteiger partial charge < -0.3 is 0 Å². The Kier molecular flexibility index (Phi) is 2.51. The molecule has 2 atom stereocenters. The molecule has 1 aliphatic heterocycles. The van der Waals surface area contributed by atoms with Crippen LogP contribution < -0.4 is 4.90 Å². The van der Waals surface area contributed by atoms with Crippen molar-refractivity contribution >= 4 is 17.5 Å². The van der Waals surface area contributed by atoms with E-state index in [0.717, 1.165) is 0 Å². The highest BCUT2D eigenvalue weighted by molar-refractivity contribution is 6.22. The van der Waals surface area contributed by atoms with Crippen LogP contribution in [0.4, 0.5) is 10.1 Å². The van der Waals surface area contributed by atoms with Crippen molar-refractivity contribution in [1.82, 2.24) is 0 Å². The number of halogens is 1. The lowest BCUT2D eigenvalue weighted by molar-refractivity contribution is -0.122. The minimum atomic E-state index is -0.378. The summed E-state index contributed by atoms with van der Waals surface area (Å²) in [6.07, 6.45) is 5.13. The third kappa shape index (κ3) is 1.56. The Balaban J connectivity index is 1.96. The van der Waals surface area contributed by atoms with E-state index >= 15 is 0 Å². The number of benzene rings is 1. The SMILES string of the molecule is O=C1[C@@H]2CC=CC[C@H]2C(=O)N1c1ccc(F)cc1. The van der Waals surface area contributed by atoms with Crippen molar-refractivity contribution in [3.05, 3.63) is 42.2 Å². The van der Waals surface area contributed by atoms with Gasteiger partial charge in [0.1, 0.15) is 5.82 Å². The van der Waals surface area contributed by atoms with Crippen LogP contribution in [0.3, 0.4) is 0 Å². The summed E-state index contributed by atoms with van der Waals surface area (Å²) in [6.45, 7) is 0. The number of hydrogen-bond acceptors (Lipinski definition) is 2. The molecule has 1 aromatic rings. The molecule has 0 unspecified atom stereocenters. The molecular weight excluding hydrogens is 233 g/mol. The van der Waals surface area contributed by atoms with Crippen LogP contribution in [-0.2, 0) is 9.59 Å². The summed E-state index contributed by atoms with van der Waals surface area (Å²) in [5.74, 6) is -1.20. The molecule has 0 radical (unpaired) electrons.